The number of rotatable bonds is 7. The molecule has 4 N–H and O–H groups in total. The Morgan fingerprint density at radius 3 is 2.59 bits per heavy atom. The van der Waals surface area contributed by atoms with Gasteiger partial charge < -0.3 is 20.9 Å². The van der Waals surface area contributed by atoms with Crippen molar-refractivity contribution in [3.8, 4) is 17.0 Å². The van der Waals surface area contributed by atoms with Gasteiger partial charge in [0.2, 0.25) is 0 Å². The highest BCUT2D eigenvalue weighted by molar-refractivity contribution is 5.97. The van der Waals surface area contributed by atoms with Crippen LogP contribution in [0.25, 0.3) is 16.8 Å². The van der Waals surface area contributed by atoms with Gasteiger partial charge >= 0.3 is 5.97 Å². The van der Waals surface area contributed by atoms with Crippen LogP contribution >= 0.6 is 0 Å². The highest BCUT2D eigenvalue weighted by atomic mass is 19.1. The standard InChI is InChI=1S/C29H30FN5O4/c1-29(11-9-19(10-12-29)27(37)38)28-34-23(24-25(31)32-13-14-35(24)28)18-5-3-17(4-6-18)16-33-26(36)21-15-20(30)7-8-22(21)39-2/h3-8,13-15,19H,9-12,16H2,1-2H3,(H2,31,32)(H,33,36)(H,37,38). The van der Waals surface area contributed by atoms with Gasteiger partial charge in [-0.3, -0.25) is 14.0 Å². The lowest BCUT2D eigenvalue weighted by molar-refractivity contribution is -0.143. The van der Waals surface area contributed by atoms with E-state index in [1.807, 2.05) is 34.9 Å². The maximum atomic E-state index is 13.7. The number of halogens is 1. The number of benzene rings is 2. The minimum absolute atomic E-state index is 0.125. The number of aliphatic carboxylic acids is 1. The summed E-state index contributed by atoms with van der Waals surface area (Å²) in [6, 6.07) is 11.4. The Kier molecular flexibility index (Phi) is 6.94. The number of ether oxygens (including phenoxy) is 1. The molecule has 1 saturated carbocycles. The summed E-state index contributed by atoms with van der Waals surface area (Å²) in [7, 11) is 1.43. The molecular weight excluding hydrogens is 501 g/mol. The van der Waals surface area contributed by atoms with E-state index in [0.29, 0.717) is 48.5 Å². The number of hydrogen-bond acceptors (Lipinski definition) is 6. The number of carbonyl (C=O) groups is 2. The van der Waals surface area contributed by atoms with Crippen LogP contribution in [0, 0.1) is 11.7 Å². The van der Waals surface area contributed by atoms with Crippen LogP contribution in [0.4, 0.5) is 10.2 Å². The van der Waals surface area contributed by atoms with Crippen molar-refractivity contribution in [2.24, 2.45) is 5.92 Å². The van der Waals surface area contributed by atoms with Crippen LogP contribution in [-0.4, -0.2) is 38.5 Å². The van der Waals surface area contributed by atoms with E-state index in [-0.39, 0.29) is 23.4 Å². The Morgan fingerprint density at radius 1 is 1.21 bits per heavy atom. The number of nitrogens with one attached hydrogen (secondary N) is 1. The molecule has 4 aromatic rings. The lowest BCUT2D eigenvalue weighted by Crippen LogP contribution is -2.33. The van der Waals surface area contributed by atoms with Crippen molar-refractivity contribution >= 4 is 23.2 Å². The molecule has 0 aliphatic heterocycles. The summed E-state index contributed by atoms with van der Waals surface area (Å²) in [5.74, 6) is -0.543. The van der Waals surface area contributed by atoms with Crippen molar-refractivity contribution in [2.45, 2.75) is 44.6 Å². The molecule has 0 saturated heterocycles. The van der Waals surface area contributed by atoms with E-state index in [1.54, 1.807) is 6.20 Å². The predicted octanol–water partition coefficient (Wildman–Crippen LogP) is 4.59. The highest BCUT2D eigenvalue weighted by Gasteiger charge is 2.39. The van der Waals surface area contributed by atoms with Crippen LogP contribution in [0.5, 0.6) is 5.75 Å². The van der Waals surface area contributed by atoms with Gasteiger partial charge in [-0.1, -0.05) is 31.2 Å². The van der Waals surface area contributed by atoms with E-state index < -0.39 is 17.7 Å². The molecule has 202 valence electrons. The third-order valence-corrected chi connectivity index (χ3v) is 7.65. The molecule has 9 nitrogen and oxygen atoms in total. The monoisotopic (exact) mass is 531 g/mol. The molecule has 1 fully saturated rings. The van der Waals surface area contributed by atoms with Gasteiger partial charge in [-0.2, -0.15) is 0 Å². The van der Waals surface area contributed by atoms with Crippen LogP contribution in [0.3, 0.4) is 0 Å². The number of carboxylic acids is 1. The van der Waals surface area contributed by atoms with Gasteiger partial charge in [-0.15, -0.1) is 0 Å². The first-order valence-electron chi connectivity index (χ1n) is 12.8. The molecule has 2 aromatic carbocycles. The molecule has 1 aliphatic carbocycles. The Bertz CT molecular complexity index is 1540. The molecule has 0 unspecified atom stereocenters. The van der Waals surface area contributed by atoms with Crippen LogP contribution in [0.1, 0.15) is 54.4 Å². The van der Waals surface area contributed by atoms with E-state index in [9.17, 15) is 19.1 Å². The first-order valence-corrected chi connectivity index (χ1v) is 12.8. The number of amides is 1. The first kappa shape index (κ1) is 26.1. The second kappa shape index (κ2) is 10.4. The number of anilines is 1. The molecule has 0 spiro atoms. The van der Waals surface area contributed by atoms with Crippen molar-refractivity contribution < 1.29 is 23.8 Å². The fourth-order valence-electron chi connectivity index (χ4n) is 5.33. The normalized spacial score (nSPS) is 19.1. The summed E-state index contributed by atoms with van der Waals surface area (Å²) in [4.78, 5) is 33.4. The van der Waals surface area contributed by atoms with E-state index in [2.05, 4.69) is 17.2 Å². The second-order valence-corrected chi connectivity index (χ2v) is 10.2. The number of imidazole rings is 1. The molecule has 2 aromatic heterocycles. The summed E-state index contributed by atoms with van der Waals surface area (Å²) in [5.41, 5.74) is 9.21. The SMILES string of the molecule is COc1ccc(F)cc1C(=O)NCc1ccc(-c2nc(C3(C)CCC(C(=O)O)CC3)n3ccnc(N)c23)cc1. The number of aromatic nitrogens is 3. The molecule has 10 heteroatoms. The highest BCUT2D eigenvalue weighted by Crippen LogP contribution is 2.43. The summed E-state index contributed by atoms with van der Waals surface area (Å²) in [6.45, 7) is 2.36. The molecule has 0 bridgehead atoms. The lowest BCUT2D eigenvalue weighted by atomic mass is 9.71. The number of nitrogens with zero attached hydrogens (tertiary/aromatic N) is 3. The summed E-state index contributed by atoms with van der Waals surface area (Å²) < 4.78 is 20.8. The van der Waals surface area contributed by atoms with Gasteiger partial charge in [-0.05, 0) is 49.4 Å². The van der Waals surface area contributed by atoms with Crippen LogP contribution in [0.15, 0.2) is 54.9 Å². The van der Waals surface area contributed by atoms with Gasteiger partial charge in [-0.25, -0.2) is 14.4 Å². The lowest BCUT2D eigenvalue weighted by Gasteiger charge is -2.35. The molecule has 39 heavy (non-hydrogen) atoms. The minimum atomic E-state index is -0.745. The number of hydrogen-bond donors (Lipinski definition) is 3. The molecule has 1 aliphatic rings. The number of nitrogens with two attached hydrogens (primary N) is 1. The average Bonchev–Trinajstić information content (AvgIpc) is 3.34. The summed E-state index contributed by atoms with van der Waals surface area (Å²) in [5, 5.41) is 12.2. The van der Waals surface area contributed by atoms with Gasteiger partial charge in [0.25, 0.3) is 5.91 Å². The van der Waals surface area contributed by atoms with E-state index in [1.165, 1.54) is 19.2 Å². The number of fused-ring (bicyclic) bond motifs is 1. The van der Waals surface area contributed by atoms with Crippen molar-refractivity contribution in [1.29, 1.82) is 0 Å². The Labute approximate surface area is 224 Å². The quantitative estimate of drug-likeness (QED) is 0.318. The van der Waals surface area contributed by atoms with E-state index in [4.69, 9.17) is 15.5 Å². The topological polar surface area (TPSA) is 132 Å². The predicted molar refractivity (Wildman–Crippen MR) is 144 cm³/mol. The van der Waals surface area contributed by atoms with Crippen molar-refractivity contribution in [1.82, 2.24) is 19.7 Å². The third-order valence-electron chi connectivity index (χ3n) is 7.65. The van der Waals surface area contributed by atoms with E-state index >= 15 is 0 Å². The van der Waals surface area contributed by atoms with Gasteiger partial charge in [0.15, 0.2) is 0 Å². The van der Waals surface area contributed by atoms with Crippen molar-refractivity contribution in [3.63, 3.8) is 0 Å². The molecular formula is C29H30FN5O4. The Hall–Kier alpha value is -4.47. The van der Waals surface area contributed by atoms with Gasteiger partial charge in [0.05, 0.1) is 18.6 Å². The number of methoxy groups -OCH3 is 1. The molecule has 0 radical (unpaired) electrons. The molecule has 5 rings (SSSR count). The smallest absolute Gasteiger partial charge is 0.306 e. The second-order valence-electron chi connectivity index (χ2n) is 10.2. The zero-order valence-electron chi connectivity index (χ0n) is 21.8. The summed E-state index contributed by atoms with van der Waals surface area (Å²) >= 11 is 0. The number of nitrogen functional groups attached to an aromatic ring is 1. The van der Waals surface area contributed by atoms with E-state index in [0.717, 1.165) is 23.0 Å². The Balaban J connectivity index is 1.39. The Morgan fingerprint density at radius 2 is 1.92 bits per heavy atom. The molecule has 0 atom stereocenters. The molecule has 1 amide bonds. The minimum Gasteiger partial charge on any atom is -0.496 e. The zero-order valence-corrected chi connectivity index (χ0v) is 21.8. The van der Waals surface area contributed by atoms with Crippen LogP contribution in [-0.2, 0) is 16.8 Å². The van der Waals surface area contributed by atoms with Gasteiger partial charge in [0.1, 0.15) is 34.4 Å². The van der Waals surface area contributed by atoms with Crippen LogP contribution < -0.4 is 15.8 Å². The summed E-state index contributed by atoms with van der Waals surface area (Å²) in [6.07, 6.45) is 6.09. The first-order chi connectivity index (χ1) is 18.7. The maximum Gasteiger partial charge on any atom is 0.306 e. The average molecular weight is 532 g/mol. The van der Waals surface area contributed by atoms with Crippen molar-refractivity contribution in [3.05, 3.63) is 77.6 Å². The van der Waals surface area contributed by atoms with Crippen LogP contribution in [0.2, 0.25) is 0 Å². The molecule has 2 heterocycles. The maximum absolute atomic E-state index is 13.7. The van der Waals surface area contributed by atoms with Crippen molar-refractivity contribution in [2.75, 3.05) is 12.8 Å². The van der Waals surface area contributed by atoms with Gasteiger partial charge in [0, 0.05) is 29.9 Å². The fourth-order valence-corrected chi connectivity index (χ4v) is 5.33. The zero-order chi connectivity index (χ0) is 27.7. The fraction of sp³-hybridized carbons (Fsp3) is 0.310. The largest absolute Gasteiger partial charge is 0.496 e. The number of carboxylic acid groups (broad SMARTS) is 1. The third kappa shape index (κ3) is 5.01. The number of carbonyl (C=O) groups excluding carboxylic acids is 1.